The van der Waals surface area contributed by atoms with E-state index in [9.17, 15) is 9.18 Å². The second-order valence-electron chi connectivity index (χ2n) is 4.25. The zero-order chi connectivity index (χ0) is 13.5. The molecule has 0 saturated carbocycles. The summed E-state index contributed by atoms with van der Waals surface area (Å²) in [6, 6.07) is 6.20. The lowest BCUT2D eigenvalue weighted by Gasteiger charge is -2.22. The van der Waals surface area contributed by atoms with Crippen LogP contribution in [0.4, 0.5) is 4.39 Å². The lowest BCUT2D eigenvalue weighted by Crippen LogP contribution is -2.32. The maximum Gasteiger partial charge on any atom is 0.223 e. The topological polar surface area (TPSA) is 46.3 Å². The fourth-order valence-corrected chi connectivity index (χ4v) is 1.99. The molecule has 0 spiro atoms. The molecule has 0 aliphatic carbocycles. The summed E-state index contributed by atoms with van der Waals surface area (Å²) in [4.78, 5) is 13.8. The van der Waals surface area contributed by atoms with Crippen LogP contribution in [0.2, 0.25) is 0 Å². The highest BCUT2D eigenvalue weighted by molar-refractivity contribution is 5.77. The van der Waals surface area contributed by atoms with Crippen LogP contribution in [0.3, 0.4) is 0 Å². The number of hydrogen-bond donors (Lipinski definition) is 1. The van der Waals surface area contributed by atoms with Gasteiger partial charge in [-0.1, -0.05) is 12.1 Å². The first kappa shape index (κ1) is 14.6. The van der Waals surface area contributed by atoms with Crippen LogP contribution >= 0.6 is 0 Å². The molecule has 0 heterocycles. The third-order valence-corrected chi connectivity index (χ3v) is 3.16. The van der Waals surface area contributed by atoms with Gasteiger partial charge in [0.15, 0.2) is 0 Å². The second-order valence-corrected chi connectivity index (χ2v) is 4.25. The van der Waals surface area contributed by atoms with Gasteiger partial charge in [0.1, 0.15) is 5.82 Å². The summed E-state index contributed by atoms with van der Waals surface area (Å²) in [5.41, 5.74) is 6.63. The van der Waals surface area contributed by atoms with E-state index in [0.717, 1.165) is 5.56 Å². The SMILES string of the molecule is CCN(CC)C(=O)CC(CN)c1ccc(F)cc1. The number of amides is 1. The first-order valence-corrected chi connectivity index (χ1v) is 6.35. The summed E-state index contributed by atoms with van der Waals surface area (Å²) in [5, 5.41) is 0. The van der Waals surface area contributed by atoms with Gasteiger partial charge in [-0.05, 0) is 38.1 Å². The molecule has 1 unspecified atom stereocenters. The number of rotatable bonds is 6. The van der Waals surface area contributed by atoms with E-state index in [1.54, 1.807) is 17.0 Å². The van der Waals surface area contributed by atoms with Gasteiger partial charge in [-0.2, -0.15) is 0 Å². The maximum absolute atomic E-state index is 12.8. The van der Waals surface area contributed by atoms with Crippen LogP contribution in [0.5, 0.6) is 0 Å². The number of carbonyl (C=O) groups excluding carboxylic acids is 1. The van der Waals surface area contributed by atoms with Crippen LogP contribution in [0.1, 0.15) is 31.7 Å². The number of hydrogen-bond acceptors (Lipinski definition) is 2. The maximum atomic E-state index is 12.8. The van der Waals surface area contributed by atoms with Crippen LogP contribution in [-0.2, 0) is 4.79 Å². The van der Waals surface area contributed by atoms with Gasteiger partial charge in [-0.15, -0.1) is 0 Å². The van der Waals surface area contributed by atoms with Gasteiger partial charge < -0.3 is 10.6 Å². The van der Waals surface area contributed by atoms with E-state index < -0.39 is 0 Å². The molecule has 4 heteroatoms. The van der Waals surface area contributed by atoms with E-state index in [1.807, 2.05) is 13.8 Å². The monoisotopic (exact) mass is 252 g/mol. The van der Waals surface area contributed by atoms with Crippen molar-refractivity contribution in [3.63, 3.8) is 0 Å². The predicted molar refractivity (Wildman–Crippen MR) is 70.7 cm³/mol. The molecule has 0 aliphatic heterocycles. The van der Waals surface area contributed by atoms with Crippen LogP contribution in [0.25, 0.3) is 0 Å². The van der Waals surface area contributed by atoms with Gasteiger partial charge in [0.2, 0.25) is 5.91 Å². The minimum Gasteiger partial charge on any atom is -0.343 e. The van der Waals surface area contributed by atoms with Gasteiger partial charge in [0.05, 0.1) is 0 Å². The van der Waals surface area contributed by atoms with Crippen LogP contribution < -0.4 is 5.73 Å². The summed E-state index contributed by atoms with van der Waals surface area (Å²) in [7, 11) is 0. The Morgan fingerprint density at radius 1 is 1.28 bits per heavy atom. The first-order chi connectivity index (χ1) is 8.62. The van der Waals surface area contributed by atoms with E-state index in [1.165, 1.54) is 12.1 Å². The Morgan fingerprint density at radius 3 is 2.28 bits per heavy atom. The van der Waals surface area contributed by atoms with E-state index >= 15 is 0 Å². The Morgan fingerprint density at radius 2 is 1.83 bits per heavy atom. The van der Waals surface area contributed by atoms with Crippen LogP contribution in [-0.4, -0.2) is 30.4 Å². The van der Waals surface area contributed by atoms with Gasteiger partial charge in [-0.25, -0.2) is 4.39 Å². The molecule has 1 amide bonds. The van der Waals surface area contributed by atoms with Crippen molar-refractivity contribution in [2.75, 3.05) is 19.6 Å². The molecule has 3 nitrogen and oxygen atoms in total. The summed E-state index contributed by atoms with van der Waals surface area (Å²) in [5.74, 6) is -0.219. The average molecular weight is 252 g/mol. The Balaban J connectivity index is 2.73. The largest absolute Gasteiger partial charge is 0.343 e. The highest BCUT2D eigenvalue weighted by Gasteiger charge is 2.17. The normalized spacial score (nSPS) is 12.2. The van der Waals surface area contributed by atoms with Crippen molar-refractivity contribution in [3.8, 4) is 0 Å². The number of nitrogens with zero attached hydrogens (tertiary/aromatic N) is 1. The zero-order valence-electron chi connectivity index (χ0n) is 11.0. The third kappa shape index (κ3) is 3.81. The number of halogens is 1. The molecule has 1 atom stereocenters. The molecule has 0 aromatic heterocycles. The molecule has 0 bridgehead atoms. The Bertz CT molecular complexity index is 374. The molecule has 0 aliphatic rings. The molecule has 0 saturated heterocycles. The summed E-state index contributed by atoms with van der Waals surface area (Å²) < 4.78 is 12.8. The predicted octanol–water partition coefficient (Wildman–Crippen LogP) is 2.13. The summed E-state index contributed by atoms with van der Waals surface area (Å²) >= 11 is 0. The molecule has 1 aromatic carbocycles. The fourth-order valence-electron chi connectivity index (χ4n) is 1.99. The molecular weight excluding hydrogens is 231 g/mol. The molecule has 2 N–H and O–H groups in total. The minimum absolute atomic E-state index is 0.0429. The van der Waals surface area contributed by atoms with Crippen molar-refractivity contribution >= 4 is 5.91 Å². The van der Waals surface area contributed by atoms with E-state index in [4.69, 9.17) is 5.73 Å². The highest BCUT2D eigenvalue weighted by Crippen LogP contribution is 2.20. The Kier molecular flexibility index (Phi) is 5.78. The molecule has 0 radical (unpaired) electrons. The summed E-state index contributed by atoms with van der Waals surface area (Å²) in [6.45, 7) is 5.71. The highest BCUT2D eigenvalue weighted by atomic mass is 19.1. The van der Waals surface area contributed by atoms with Crippen molar-refractivity contribution < 1.29 is 9.18 Å². The number of benzene rings is 1. The van der Waals surface area contributed by atoms with E-state index in [2.05, 4.69) is 0 Å². The van der Waals surface area contributed by atoms with Crippen molar-refractivity contribution in [2.45, 2.75) is 26.2 Å². The molecule has 1 aromatic rings. The van der Waals surface area contributed by atoms with Gasteiger partial charge >= 0.3 is 0 Å². The fraction of sp³-hybridized carbons (Fsp3) is 0.500. The zero-order valence-corrected chi connectivity index (χ0v) is 11.0. The van der Waals surface area contributed by atoms with Crippen LogP contribution in [0.15, 0.2) is 24.3 Å². The third-order valence-electron chi connectivity index (χ3n) is 3.16. The van der Waals surface area contributed by atoms with Crippen molar-refractivity contribution in [3.05, 3.63) is 35.6 Å². The smallest absolute Gasteiger partial charge is 0.223 e. The van der Waals surface area contributed by atoms with Gasteiger partial charge in [-0.3, -0.25) is 4.79 Å². The number of nitrogens with two attached hydrogens (primary N) is 1. The molecule has 0 fully saturated rings. The van der Waals surface area contributed by atoms with Crippen molar-refractivity contribution in [1.82, 2.24) is 4.90 Å². The van der Waals surface area contributed by atoms with Crippen molar-refractivity contribution in [2.24, 2.45) is 5.73 Å². The Labute approximate surface area is 108 Å². The minimum atomic E-state index is -0.274. The van der Waals surface area contributed by atoms with Crippen LogP contribution in [0, 0.1) is 5.82 Å². The lowest BCUT2D eigenvalue weighted by atomic mass is 9.95. The Hall–Kier alpha value is -1.42. The molecule has 100 valence electrons. The summed E-state index contributed by atoms with van der Waals surface area (Å²) in [6.07, 6.45) is 0.379. The van der Waals surface area contributed by atoms with Gasteiger partial charge in [0, 0.05) is 25.4 Å². The lowest BCUT2D eigenvalue weighted by molar-refractivity contribution is -0.131. The molecule has 18 heavy (non-hydrogen) atoms. The van der Waals surface area contributed by atoms with Gasteiger partial charge in [0.25, 0.3) is 0 Å². The average Bonchev–Trinajstić information content (AvgIpc) is 2.38. The standard InChI is InChI=1S/C14H21FN2O/c1-3-17(4-2)14(18)9-12(10-16)11-5-7-13(15)8-6-11/h5-8,12H,3-4,9-10,16H2,1-2H3. The number of carbonyl (C=O) groups is 1. The van der Waals surface area contributed by atoms with E-state index in [0.29, 0.717) is 26.1 Å². The molecule has 1 rings (SSSR count). The van der Waals surface area contributed by atoms with E-state index in [-0.39, 0.29) is 17.6 Å². The quantitative estimate of drug-likeness (QED) is 0.843. The molecular formula is C14H21FN2O. The first-order valence-electron chi connectivity index (χ1n) is 6.35. The van der Waals surface area contributed by atoms with Crippen molar-refractivity contribution in [1.29, 1.82) is 0 Å². The second kappa shape index (κ2) is 7.11.